The molecule has 1 unspecified atom stereocenters. The van der Waals surface area contributed by atoms with Crippen molar-refractivity contribution in [3.63, 3.8) is 0 Å². The predicted octanol–water partition coefficient (Wildman–Crippen LogP) is 6.27. The highest BCUT2D eigenvalue weighted by molar-refractivity contribution is 6.20. The second kappa shape index (κ2) is 10.3. The van der Waals surface area contributed by atoms with Gasteiger partial charge < -0.3 is 9.64 Å². The van der Waals surface area contributed by atoms with Crippen molar-refractivity contribution in [3.8, 4) is 5.75 Å². The molecular weight excluding hydrogens is 422 g/mol. The fraction of sp³-hybridized carbons (Fsp3) is 0.200. The molecule has 3 aromatic carbocycles. The first kappa shape index (κ1) is 23.2. The smallest absolute Gasteiger partial charge is 0.241 e. The highest BCUT2D eigenvalue weighted by atomic mass is 16.5. The van der Waals surface area contributed by atoms with Gasteiger partial charge in [0.05, 0.1) is 12.8 Å². The summed E-state index contributed by atoms with van der Waals surface area (Å²) < 4.78 is 5.49. The number of ether oxygens (including phenoxy) is 1. The molecule has 1 saturated heterocycles. The second-order valence-corrected chi connectivity index (χ2v) is 8.56. The molecule has 0 saturated carbocycles. The number of ketones is 1. The Morgan fingerprint density at radius 3 is 2.41 bits per heavy atom. The minimum absolute atomic E-state index is 0.133. The summed E-state index contributed by atoms with van der Waals surface area (Å²) in [6, 6.07) is 24.9. The van der Waals surface area contributed by atoms with Gasteiger partial charge in [-0.2, -0.15) is 0 Å². The van der Waals surface area contributed by atoms with Crippen LogP contribution in [0.2, 0.25) is 0 Å². The number of hydrogen-bond donors (Lipinski definition) is 0. The monoisotopic (exact) mass is 451 g/mol. The molecule has 1 atom stereocenters. The maximum Gasteiger partial charge on any atom is 0.241 e. The number of rotatable bonds is 8. The fourth-order valence-corrected chi connectivity index (χ4v) is 4.40. The molecule has 1 amide bonds. The number of aryl methyl sites for hydroxylation is 1. The summed E-state index contributed by atoms with van der Waals surface area (Å²) in [6.45, 7) is 2.44. The van der Waals surface area contributed by atoms with Crippen LogP contribution in [0.1, 0.15) is 34.3 Å². The Kier molecular flexibility index (Phi) is 7.07. The van der Waals surface area contributed by atoms with E-state index in [1.165, 1.54) is 0 Å². The summed E-state index contributed by atoms with van der Waals surface area (Å²) in [7, 11) is 1.59. The van der Waals surface area contributed by atoms with Gasteiger partial charge in [-0.1, -0.05) is 96.6 Å². The van der Waals surface area contributed by atoms with E-state index in [1.807, 2.05) is 110 Å². The lowest BCUT2D eigenvalue weighted by Crippen LogP contribution is -2.40. The second-order valence-electron chi connectivity index (χ2n) is 8.56. The number of nitrogens with zero attached hydrogens (tertiary/aromatic N) is 1. The zero-order chi connectivity index (χ0) is 24.0. The molecule has 0 aliphatic carbocycles. The predicted molar refractivity (Wildman–Crippen MR) is 137 cm³/mol. The minimum atomic E-state index is -1.15. The van der Waals surface area contributed by atoms with E-state index in [0.717, 1.165) is 11.1 Å². The minimum Gasteiger partial charge on any atom is -0.495 e. The number of methoxy groups -OCH3 is 1. The van der Waals surface area contributed by atoms with Crippen LogP contribution in [0.4, 0.5) is 5.69 Å². The Bertz CT molecular complexity index is 1210. The fourth-order valence-electron chi connectivity index (χ4n) is 4.40. The number of carbonyl (C=O) groups is 2. The van der Waals surface area contributed by atoms with Gasteiger partial charge in [0.1, 0.15) is 11.2 Å². The van der Waals surface area contributed by atoms with Gasteiger partial charge in [0.15, 0.2) is 5.78 Å². The van der Waals surface area contributed by atoms with Crippen LogP contribution < -0.4 is 9.64 Å². The molecule has 1 heterocycles. The molecule has 4 nitrogen and oxygen atoms in total. The lowest BCUT2D eigenvalue weighted by Gasteiger charge is -2.26. The molecule has 1 aliphatic heterocycles. The quantitative estimate of drug-likeness (QED) is 0.230. The lowest BCUT2D eigenvalue weighted by molar-refractivity contribution is -0.123. The Morgan fingerprint density at radius 2 is 1.68 bits per heavy atom. The Hall–Kier alpha value is -3.92. The number of benzene rings is 3. The molecule has 0 spiro atoms. The number of amides is 1. The first-order valence-electron chi connectivity index (χ1n) is 11.5. The van der Waals surface area contributed by atoms with Crippen LogP contribution in [-0.2, 0) is 4.79 Å². The van der Waals surface area contributed by atoms with E-state index in [9.17, 15) is 9.59 Å². The van der Waals surface area contributed by atoms with E-state index in [4.69, 9.17) is 4.74 Å². The van der Waals surface area contributed by atoms with Crippen LogP contribution in [0.25, 0.3) is 6.08 Å². The van der Waals surface area contributed by atoms with E-state index in [0.29, 0.717) is 36.4 Å². The van der Waals surface area contributed by atoms with Crippen molar-refractivity contribution in [1.82, 2.24) is 0 Å². The zero-order valence-electron chi connectivity index (χ0n) is 19.6. The van der Waals surface area contributed by atoms with Crippen molar-refractivity contribution in [2.75, 3.05) is 18.6 Å². The largest absolute Gasteiger partial charge is 0.495 e. The van der Waals surface area contributed by atoms with Crippen LogP contribution in [0.15, 0.2) is 97.1 Å². The number of carbonyl (C=O) groups excluding carboxylic acids is 2. The van der Waals surface area contributed by atoms with Crippen molar-refractivity contribution in [3.05, 3.63) is 114 Å². The number of hydrogen-bond acceptors (Lipinski definition) is 3. The molecule has 3 aromatic rings. The van der Waals surface area contributed by atoms with Crippen LogP contribution in [0.3, 0.4) is 0 Å². The summed E-state index contributed by atoms with van der Waals surface area (Å²) in [5.74, 6) is 0.307. The number of anilines is 1. The van der Waals surface area contributed by atoms with Gasteiger partial charge in [0, 0.05) is 12.1 Å². The summed E-state index contributed by atoms with van der Waals surface area (Å²) in [5.41, 5.74) is 2.28. The van der Waals surface area contributed by atoms with E-state index in [1.54, 1.807) is 12.0 Å². The first-order chi connectivity index (χ1) is 16.5. The molecule has 4 heteroatoms. The Balaban J connectivity index is 1.64. The summed E-state index contributed by atoms with van der Waals surface area (Å²) in [5, 5.41) is 0. The van der Waals surface area contributed by atoms with Gasteiger partial charge >= 0.3 is 0 Å². The summed E-state index contributed by atoms with van der Waals surface area (Å²) in [4.78, 5) is 29.3. The summed E-state index contributed by atoms with van der Waals surface area (Å²) in [6.07, 6.45) is 8.57. The number of Topliss-reactive ketones (excluding diaryl/α,β-unsaturated/α-hetero) is 1. The van der Waals surface area contributed by atoms with Crippen LogP contribution in [0, 0.1) is 12.3 Å². The molecule has 0 aromatic heterocycles. The Labute approximate surface area is 201 Å². The molecule has 1 fully saturated rings. The standard InChI is InChI=1S/C30H29NO3/c1-23-16-18-25(19-17-23)28(32)30(20-10-4-7-13-24-11-5-3-6-12-24)21-22-31(29(30)33)26-14-8-9-15-27(26)34-2/h3-19H,20-22H2,1-2H3/b10-4+,13-7+. The molecule has 172 valence electrons. The third kappa shape index (κ3) is 4.72. The third-order valence-corrected chi connectivity index (χ3v) is 6.34. The Morgan fingerprint density at radius 1 is 0.971 bits per heavy atom. The lowest BCUT2D eigenvalue weighted by atomic mass is 9.76. The van der Waals surface area contributed by atoms with Crippen molar-refractivity contribution in [2.24, 2.45) is 5.41 Å². The highest BCUT2D eigenvalue weighted by Gasteiger charge is 2.52. The molecule has 0 radical (unpaired) electrons. The number of allylic oxidation sites excluding steroid dienone is 3. The molecule has 4 rings (SSSR count). The molecular formula is C30H29NO3. The van der Waals surface area contributed by atoms with Crippen molar-refractivity contribution in [1.29, 1.82) is 0 Å². The van der Waals surface area contributed by atoms with Crippen molar-refractivity contribution < 1.29 is 14.3 Å². The van der Waals surface area contributed by atoms with E-state index in [2.05, 4.69) is 0 Å². The van der Waals surface area contributed by atoms with Gasteiger partial charge in [-0.05, 0) is 37.5 Å². The maximum atomic E-state index is 13.9. The van der Waals surface area contributed by atoms with Gasteiger partial charge in [-0.15, -0.1) is 0 Å². The van der Waals surface area contributed by atoms with Crippen LogP contribution in [-0.4, -0.2) is 25.3 Å². The van der Waals surface area contributed by atoms with Gasteiger partial charge in [-0.25, -0.2) is 0 Å². The topological polar surface area (TPSA) is 46.6 Å². The summed E-state index contributed by atoms with van der Waals surface area (Å²) >= 11 is 0. The van der Waals surface area contributed by atoms with Gasteiger partial charge in [-0.3, -0.25) is 9.59 Å². The number of para-hydroxylation sites is 2. The average molecular weight is 452 g/mol. The van der Waals surface area contributed by atoms with E-state index in [-0.39, 0.29) is 11.7 Å². The maximum absolute atomic E-state index is 13.9. The van der Waals surface area contributed by atoms with E-state index >= 15 is 0 Å². The highest BCUT2D eigenvalue weighted by Crippen LogP contribution is 2.43. The van der Waals surface area contributed by atoms with Crippen LogP contribution >= 0.6 is 0 Å². The van der Waals surface area contributed by atoms with Gasteiger partial charge in [0.2, 0.25) is 5.91 Å². The van der Waals surface area contributed by atoms with Gasteiger partial charge in [0.25, 0.3) is 0 Å². The SMILES string of the molecule is COc1ccccc1N1CCC(C/C=C/C=C/c2ccccc2)(C(=O)c2ccc(C)cc2)C1=O. The molecule has 0 bridgehead atoms. The van der Waals surface area contributed by atoms with Crippen LogP contribution in [0.5, 0.6) is 5.75 Å². The van der Waals surface area contributed by atoms with Crippen molar-refractivity contribution >= 4 is 23.5 Å². The molecule has 1 aliphatic rings. The average Bonchev–Trinajstić information content (AvgIpc) is 3.21. The van der Waals surface area contributed by atoms with Crippen molar-refractivity contribution in [2.45, 2.75) is 19.8 Å². The molecule has 34 heavy (non-hydrogen) atoms. The first-order valence-corrected chi connectivity index (χ1v) is 11.5. The van der Waals surface area contributed by atoms with E-state index < -0.39 is 5.41 Å². The molecule has 0 N–H and O–H groups in total. The third-order valence-electron chi connectivity index (χ3n) is 6.34. The normalized spacial score (nSPS) is 18.2. The zero-order valence-corrected chi connectivity index (χ0v) is 19.6.